The summed E-state index contributed by atoms with van der Waals surface area (Å²) < 4.78 is 8.68. The number of carbonyl (C=O) groups excluding carboxylic acids is 2. The molecule has 4 aromatic rings. The van der Waals surface area contributed by atoms with Crippen LogP contribution in [0.5, 0.6) is 0 Å². The van der Waals surface area contributed by atoms with Crippen molar-refractivity contribution in [2.45, 2.75) is 45.1 Å². The Balaban J connectivity index is 1.52. The number of nitrogens with zero attached hydrogens (tertiary/aromatic N) is 4. The summed E-state index contributed by atoms with van der Waals surface area (Å²) in [5.41, 5.74) is 5.47. The highest BCUT2D eigenvalue weighted by Gasteiger charge is 2.34. The van der Waals surface area contributed by atoms with E-state index in [-0.39, 0.29) is 36.5 Å². The highest BCUT2D eigenvalue weighted by atomic mass is 16.5. The molecular formula is C37H46N4O4. The molecule has 8 heteroatoms. The molecule has 1 aliphatic rings. The molecule has 0 aliphatic carbocycles. The molecule has 0 saturated carbocycles. The average molecular weight is 611 g/mol. The number of benzene rings is 3. The lowest BCUT2D eigenvalue weighted by Crippen LogP contribution is -2.50. The smallest absolute Gasteiger partial charge is 0.271 e. The summed E-state index contributed by atoms with van der Waals surface area (Å²) in [6, 6.07) is 25.5. The van der Waals surface area contributed by atoms with E-state index in [1.165, 1.54) is 0 Å². The summed E-state index contributed by atoms with van der Waals surface area (Å²) in [5, 5.41) is 11.3. The van der Waals surface area contributed by atoms with Crippen molar-refractivity contribution in [3.63, 3.8) is 0 Å². The summed E-state index contributed by atoms with van der Waals surface area (Å²) in [7, 11) is 7.64. The predicted molar refractivity (Wildman–Crippen MR) is 179 cm³/mol. The van der Waals surface area contributed by atoms with Gasteiger partial charge >= 0.3 is 0 Å². The van der Waals surface area contributed by atoms with E-state index in [9.17, 15) is 14.7 Å². The van der Waals surface area contributed by atoms with Gasteiger partial charge in [-0.2, -0.15) is 0 Å². The third-order valence-corrected chi connectivity index (χ3v) is 9.24. The normalized spacial score (nSPS) is 18.7. The number of aliphatic hydroxyl groups is 1. The number of para-hydroxylation sites is 1. The van der Waals surface area contributed by atoms with Crippen LogP contribution in [0.2, 0.25) is 0 Å². The molecule has 1 N–H and O–H groups in total. The van der Waals surface area contributed by atoms with Crippen molar-refractivity contribution in [1.29, 1.82) is 0 Å². The van der Waals surface area contributed by atoms with Crippen LogP contribution in [0.25, 0.3) is 22.0 Å². The fourth-order valence-electron chi connectivity index (χ4n) is 6.47. The van der Waals surface area contributed by atoms with Gasteiger partial charge in [-0.15, -0.1) is 0 Å². The maximum absolute atomic E-state index is 14.6. The van der Waals surface area contributed by atoms with E-state index in [1.807, 2.05) is 111 Å². The van der Waals surface area contributed by atoms with Crippen LogP contribution < -0.4 is 0 Å². The molecule has 0 radical (unpaired) electrons. The molecule has 0 bridgehead atoms. The number of likely N-dealkylation sites (N-methyl/N-ethyl adjacent to an activating group) is 2. The first kappa shape index (κ1) is 32.4. The Hall–Kier alpha value is -3.98. The summed E-state index contributed by atoms with van der Waals surface area (Å²) in [5.74, 6) is -0.244. The highest BCUT2D eigenvalue weighted by Crippen LogP contribution is 2.38. The van der Waals surface area contributed by atoms with Crippen LogP contribution in [0, 0.1) is 5.92 Å². The molecule has 2 heterocycles. The molecule has 2 amide bonds. The molecule has 0 saturated heterocycles. The average Bonchev–Trinajstić information content (AvgIpc) is 3.34. The lowest BCUT2D eigenvalue weighted by atomic mass is 9.96. The first-order valence-corrected chi connectivity index (χ1v) is 15.8. The number of amides is 2. The zero-order valence-electron chi connectivity index (χ0n) is 27.3. The largest absolute Gasteiger partial charge is 0.394 e. The Morgan fingerprint density at radius 1 is 1.00 bits per heavy atom. The summed E-state index contributed by atoms with van der Waals surface area (Å²) in [6.45, 7) is 4.84. The van der Waals surface area contributed by atoms with E-state index in [1.54, 1.807) is 9.80 Å². The molecule has 45 heavy (non-hydrogen) atoms. The Bertz CT molecular complexity index is 1630. The second-order valence-electron chi connectivity index (χ2n) is 12.7. The van der Waals surface area contributed by atoms with Gasteiger partial charge in [0.2, 0.25) is 5.91 Å². The van der Waals surface area contributed by atoms with Crippen LogP contribution in [0.3, 0.4) is 0 Å². The number of aliphatic hydroxyl groups excluding tert-OH is 1. The molecule has 8 nitrogen and oxygen atoms in total. The first-order valence-electron chi connectivity index (χ1n) is 15.8. The number of aromatic nitrogens is 1. The van der Waals surface area contributed by atoms with Crippen molar-refractivity contribution in [1.82, 2.24) is 19.3 Å². The van der Waals surface area contributed by atoms with Gasteiger partial charge in [-0.3, -0.25) is 14.5 Å². The minimum atomic E-state index is -0.411. The van der Waals surface area contributed by atoms with Crippen molar-refractivity contribution < 1.29 is 19.4 Å². The Morgan fingerprint density at radius 3 is 2.38 bits per heavy atom. The second kappa shape index (κ2) is 14.0. The molecule has 0 fully saturated rings. The predicted octanol–water partition coefficient (Wildman–Crippen LogP) is 4.83. The van der Waals surface area contributed by atoms with E-state index in [2.05, 4.69) is 19.1 Å². The van der Waals surface area contributed by atoms with E-state index in [4.69, 9.17) is 4.74 Å². The van der Waals surface area contributed by atoms with Gasteiger partial charge in [0.25, 0.3) is 5.91 Å². The number of fused-ring (bicyclic) bond motifs is 5. The molecule has 0 spiro atoms. The fourth-order valence-corrected chi connectivity index (χ4v) is 6.47. The number of ether oxygens (including phenoxy) is 1. The third kappa shape index (κ3) is 6.69. The maximum atomic E-state index is 14.6. The Kier molecular flexibility index (Phi) is 10.1. The lowest BCUT2D eigenvalue weighted by Gasteiger charge is -2.36. The number of aryl methyl sites for hydroxylation is 1. The van der Waals surface area contributed by atoms with Gasteiger partial charge in [-0.25, -0.2) is 0 Å². The van der Waals surface area contributed by atoms with Crippen LogP contribution in [-0.4, -0.2) is 95.2 Å². The van der Waals surface area contributed by atoms with Gasteiger partial charge in [0, 0.05) is 49.6 Å². The Labute approximate surface area is 266 Å². The summed E-state index contributed by atoms with van der Waals surface area (Å²) in [6.07, 6.45) is 0.249. The van der Waals surface area contributed by atoms with Crippen molar-refractivity contribution in [2.75, 3.05) is 40.8 Å². The number of hydrogen-bond donors (Lipinski definition) is 1. The summed E-state index contributed by atoms with van der Waals surface area (Å²) >= 11 is 0. The standard InChI is InChI=1S/C37H46N4O4/c1-25-21-41(26(2)23-42)37(44)35-34(30-18-12-13-19-31(30)40(35)6)29-17-11-10-16-28(29)24-45-33(25)22-39(5)36(43)32(38(3)4)20-27-14-8-7-9-15-27/h7-19,25-26,32-33,42H,20-24H2,1-6H3/t25-,26-,32+,33-/m0/s1. The number of rotatable bonds is 8. The van der Waals surface area contributed by atoms with Crippen molar-refractivity contribution in [3.05, 3.63) is 95.7 Å². The second-order valence-corrected chi connectivity index (χ2v) is 12.7. The van der Waals surface area contributed by atoms with Crippen molar-refractivity contribution in [2.24, 2.45) is 13.0 Å². The van der Waals surface area contributed by atoms with E-state index in [0.717, 1.165) is 33.2 Å². The molecule has 3 aromatic carbocycles. The van der Waals surface area contributed by atoms with E-state index >= 15 is 0 Å². The third-order valence-electron chi connectivity index (χ3n) is 9.24. The SMILES string of the molecule is C[C@H]1CN([C@@H](C)CO)C(=O)c2c(c3ccccc3n2C)-c2ccccc2CO[C@H]1CN(C)C(=O)[C@@H](Cc1ccccc1)N(C)C. The first-order chi connectivity index (χ1) is 21.6. The minimum absolute atomic E-state index is 0.0184. The van der Waals surface area contributed by atoms with Crippen LogP contribution in [0.1, 0.15) is 35.5 Å². The zero-order valence-corrected chi connectivity index (χ0v) is 27.3. The molecule has 238 valence electrons. The van der Waals surface area contributed by atoms with Gasteiger partial charge in [0.15, 0.2) is 0 Å². The molecule has 0 unspecified atom stereocenters. The zero-order chi connectivity index (χ0) is 32.2. The van der Waals surface area contributed by atoms with Gasteiger partial charge in [0.1, 0.15) is 5.69 Å². The highest BCUT2D eigenvalue weighted by molar-refractivity contribution is 6.10. The van der Waals surface area contributed by atoms with E-state index in [0.29, 0.717) is 31.8 Å². The quantitative estimate of drug-likeness (QED) is 0.309. The van der Waals surface area contributed by atoms with Crippen LogP contribution in [0.4, 0.5) is 0 Å². The maximum Gasteiger partial charge on any atom is 0.271 e. The molecular weight excluding hydrogens is 564 g/mol. The number of hydrogen-bond acceptors (Lipinski definition) is 5. The summed E-state index contributed by atoms with van der Waals surface area (Å²) in [4.78, 5) is 34.0. The molecule has 1 aromatic heterocycles. The molecule has 1 aliphatic heterocycles. The molecule has 4 atom stereocenters. The monoisotopic (exact) mass is 610 g/mol. The fraction of sp³-hybridized carbons (Fsp3) is 0.405. The van der Waals surface area contributed by atoms with Gasteiger partial charge in [-0.05, 0) is 50.2 Å². The number of carbonyl (C=O) groups is 2. The lowest BCUT2D eigenvalue weighted by molar-refractivity contribution is -0.137. The molecule has 5 rings (SSSR count). The minimum Gasteiger partial charge on any atom is -0.394 e. The topological polar surface area (TPSA) is 78.2 Å². The van der Waals surface area contributed by atoms with Crippen LogP contribution >= 0.6 is 0 Å². The van der Waals surface area contributed by atoms with E-state index < -0.39 is 6.04 Å². The van der Waals surface area contributed by atoms with Crippen molar-refractivity contribution in [3.8, 4) is 11.1 Å². The van der Waals surface area contributed by atoms with Gasteiger partial charge in [0.05, 0.1) is 31.4 Å². The van der Waals surface area contributed by atoms with Crippen LogP contribution in [-0.2, 0) is 29.6 Å². The van der Waals surface area contributed by atoms with Gasteiger partial charge < -0.3 is 24.2 Å². The van der Waals surface area contributed by atoms with Gasteiger partial charge in [-0.1, -0.05) is 79.7 Å². The Morgan fingerprint density at radius 2 is 1.67 bits per heavy atom. The van der Waals surface area contributed by atoms with Crippen molar-refractivity contribution >= 4 is 22.7 Å². The van der Waals surface area contributed by atoms with Crippen LogP contribution in [0.15, 0.2) is 78.9 Å².